The van der Waals surface area contributed by atoms with Crippen LogP contribution in [-0.2, 0) is 4.79 Å². The van der Waals surface area contributed by atoms with Crippen LogP contribution in [0.1, 0.15) is 18.1 Å². The van der Waals surface area contributed by atoms with Crippen LogP contribution in [0.5, 0.6) is 0 Å². The third kappa shape index (κ3) is 3.96. The van der Waals surface area contributed by atoms with E-state index in [9.17, 15) is 4.79 Å². The van der Waals surface area contributed by atoms with Crippen molar-refractivity contribution < 1.29 is 9.69 Å². The first-order valence-electron chi connectivity index (χ1n) is 8.80. The number of amides is 1. The quantitative estimate of drug-likeness (QED) is 0.865. The number of hydrogen-bond acceptors (Lipinski definition) is 4. The first-order valence-corrected chi connectivity index (χ1v) is 8.80. The second kappa shape index (κ2) is 7.61. The number of nitrogens with one attached hydrogen (secondary N) is 2. The van der Waals surface area contributed by atoms with Crippen LogP contribution in [0.2, 0.25) is 0 Å². The maximum absolute atomic E-state index is 12.7. The molecule has 1 aromatic carbocycles. The molecule has 132 valence electrons. The molecule has 0 unspecified atom stereocenters. The van der Waals surface area contributed by atoms with Gasteiger partial charge in [-0.2, -0.15) is 0 Å². The van der Waals surface area contributed by atoms with Gasteiger partial charge in [0.1, 0.15) is 0 Å². The Morgan fingerprint density at radius 3 is 2.32 bits per heavy atom. The summed E-state index contributed by atoms with van der Waals surface area (Å²) in [5.74, 6) is 0.853. The van der Waals surface area contributed by atoms with E-state index in [1.54, 1.807) is 12.4 Å². The minimum atomic E-state index is -0.0853. The van der Waals surface area contributed by atoms with Crippen molar-refractivity contribution in [2.45, 2.75) is 26.8 Å². The molecule has 0 aliphatic carbocycles. The molecule has 1 aliphatic heterocycles. The van der Waals surface area contributed by atoms with Crippen LogP contribution in [0.3, 0.4) is 0 Å². The number of rotatable bonds is 4. The van der Waals surface area contributed by atoms with Gasteiger partial charge in [-0.15, -0.1) is 0 Å². The van der Waals surface area contributed by atoms with Crippen molar-refractivity contribution in [3.05, 3.63) is 47.8 Å². The SMILES string of the molecule is Cc1cccc(C)c1NC(=O)[C@@H](C)[NH+]1CCN(c2ncccn2)CC1. The molecule has 3 rings (SSSR count). The van der Waals surface area contributed by atoms with Crippen LogP contribution in [0.25, 0.3) is 0 Å². The first kappa shape index (κ1) is 17.4. The first-order chi connectivity index (χ1) is 12.1. The van der Waals surface area contributed by atoms with Crippen LogP contribution >= 0.6 is 0 Å². The standard InChI is InChI=1S/C19H25N5O/c1-14-6-4-7-15(2)17(14)22-18(25)16(3)23-10-12-24(13-11-23)19-20-8-5-9-21-19/h4-9,16H,10-13H2,1-3H3,(H,22,25)/p+1/t16-/m1/s1. The summed E-state index contributed by atoms with van der Waals surface area (Å²) in [5, 5.41) is 3.12. The summed E-state index contributed by atoms with van der Waals surface area (Å²) >= 11 is 0. The van der Waals surface area contributed by atoms with Gasteiger partial charge in [-0.1, -0.05) is 18.2 Å². The maximum Gasteiger partial charge on any atom is 0.282 e. The van der Waals surface area contributed by atoms with E-state index in [2.05, 4.69) is 20.2 Å². The second-order valence-corrected chi connectivity index (χ2v) is 6.67. The highest BCUT2D eigenvalue weighted by Gasteiger charge is 2.30. The van der Waals surface area contributed by atoms with Gasteiger partial charge in [0.15, 0.2) is 6.04 Å². The summed E-state index contributed by atoms with van der Waals surface area (Å²) in [5.41, 5.74) is 3.14. The van der Waals surface area contributed by atoms with Gasteiger partial charge in [0.2, 0.25) is 5.95 Å². The maximum atomic E-state index is 12.7. The zero-order valence-electron chi connectivity index (χ0n) is 15.1. The Labute approximate surface area is 148 Å². The average Bonchev–Trinajstić information content (AvgIpc) is 2.65. The molecule has 25 heavy (non-hydrogen) atoms. The number of anilines is 2. The molecular weight excluding hydrogens is 314 g/mol. The van der Waals surface area contributed by atoms with E-state index < -0.39 is 0 Å². The van der Waals surface area contributed by atoms with Crippen molar-refractivity contribution in [1.82, 2.24) is 9.97 Å². The predicted octanol–water partition coefficient (Wildman–Crippen LogP) is 0.826. The highest BCUT2D eigenvalue weighted by atomic mass is 16.2. The van der Waals surface area contributed by atoms with Gasteiger partial charge in [-0.25, -0.2) is 9.97 Å². The fourth-order valence-corrected chi connectivity index (χ4v) is 3.31. The lowest BCUT2D eigenvalue weighted by molar-refractivity contribution is -0.914. The topological polar surface area (TPSA) is 62.6 Å². The molecule has 0 saturated carbocycles. The molecule has 2 aromatic rings. The molecule has 2 heterocycles. The number of quaternary nitrogens is 1. The molecule has 0 radical (unpaired) electrons. The van der Waals surface area contributed by atoms with Crippen LogP contribution in [0.15, 0.2) is 36.7 Å². The Morgan fingerprint density at radius 1 is 1.12 bits per heavy atom. The van der Waals surface area contributed by atoms with E-state index >= 15 is 0 Å². The zero-order valence-corrected chi connectivity index (χ0v) is 15.1. The smallest absolute Gasteiger partial charge is 0.282 e. The Kier molecular flexibility index (Phi) is 5.28. The van der Waals surface area contributed by atoms with E-state index in [1.807, 2.05) is 45.0 Å². The number of para-hydroxylation sites is 1. The summed E-state index contributed by atoms with van der Waals surface area (Å²) in [7, 11) is 0. The summed E-state index contributed by atoms with van der Waals surface area (Å²) in [6, 6.07) is 7.81. The van der Waals surface area contributed by atoms with Gasteiger partial charge >= 0.3 is 0 Å². The van der Waals surface area contributed by atoms with Crippen LogP contribution in [0, 0.1) is 13.8 Å². The molecule has 6 nitrogen and oxygen atoms in total. The molecule has 2 N–H and O–H groups in total. The lowest BCUT2D eigenvalue weighted by Crippen LogP contribution is -3.19. The predicted molar refractivity (Wildman–Crippen MR) is 98.9 cm³/mol. The molecule has 0 bridgehead atoms. The Bertz CT molecular complexity index is 706. The fourth-order valence-electron chi connectivity index (χ4n) is 3.31. The minimum Gasteiger partial charge on any atom is -0.330 e. The van der Waals surface area contributed by atoms with E-state index in [4.69, 9.17) is 0 Å². The average molecular weight is 340 g/mol. The lowest BCUT2D eigenvalue weighted by Gasteiger charge is -2.34. The summed E-state index contributed by atoms with van der Waals surface area (Å²) in [4.78, 5) is 24.8. The van der Waals surface area contributed by atoms with Crippen molar-refractivity contribution in [3.63, 3.8) is 0 Å². The van der Waals surface area contributed by atoms with Crippen molar-refractivity contribution in [1.29, 1.82) is 0 Å². The molecule has 1 fully saturated rings. The molecule has 1 aromatic heterocycles. The Balaban J connectivity index is 1.59. The van der Waals surface area contributed by atoms with Gasteiger partial charge in [0.25, 0.3) is 5.91 Å². The van der Waals surface area contributed by atoms with Gasteiger partial charge in [-0.3, -0.25) is 4.79 Å². The normalized spacial score (nSPS) is 16.5. The van der Waals surface area contributed by atoms with Crippen molar-refractivity contribution in [2.75, 3.05) is 36.4 Å². The molecular formula is C19H26N5O+. The second-order valence-electron chi connectivity index (χ2n) is 6.67. The molecule has 6 heteroatoms. The summed E-state index contributed by atoms with van der Waals surface area (Å²) in [6.45, 7) is 9.59. The van der Waals surface area contributed by atoms with Crippen LogP contribution < -0.4 is 15.1 Å². The van der Waals surface area contributed by atoms with Gasteiger partial charge in [0, 0.05) is 18.1 Å². The van der Waals surface area contributed by atoms with Gasteiger partial charge in [0.05, 0.1) is 26.2 Å². The monoisotopic (exact) mass is 340 g/mol. The minimum absolute atomic E-state index is 0.0804. The number of nitrogens with zero attached hydrogens (tertiary/aromatic N) is 3. The highest BCUT2D eigenvalue weighted by molar-refractivity contribution is 5.95. The number of aromatic nitrogens is 2. The van der Waals surface area contributed by atoms with Crippen LogP contribution in [-0.4, -0.2) is 48.1 Å². The third-order valence-corrected chi connectivity index (χ3v) is 4.98. The number of carbonyl (C=O) groups excluding carboxylic acids is 1. The van der Waals surface area contributed by atoms with Crippen molar-refractivity contribution in [3.8, 4) is 0 Å². The van der Waals surface area contributed by atoms with Crippen LogP contribution in [0.4, 0.5) is 11.6 Å². The van der Waals surface area contributed by atoms with E-state index in [0.717, 1.165) is 48.9 Å². The van der Waals surface area contributed by atoms with E-state index in [-0.39, 0.29) is 11.9 Å². The van der Waals surface area contributed by atoms with Crippen molar-refractivity contribution >= 4 is 17.5 Å². The third-order valence-electron chi connectivity index (χ3n) is 4.98. The summed E-state index contributed by atoms with van der Waals surface area (Å²) < 4.78 is 0. The number of piperazine rings is 1. The Morgan fingerprint density at radius 2 is 1.72 bits per heavy atom. The van der Waals surface area contributed by atoms with E-state index in [0.29, 0.717) is 0 Å². The lowest BCUT2D eigenvalue weighted by atomic mass is 10.1. The molecule has 1 amide bonds. The number of aryl methyl sites for hydroxylation is 2. The fraction of sp³-hybridized carbons (Fsp3) is 0.421. The zero-order chi connectivity index (χ0) is 17.8. The molecule has 0 spiro atoms. The van der Waals surface area contributed by atoms with Gasteiger partial charge < -0.3 is 15.1 Å². The Hall–Kier alpha value is -2.47. The van der Waals surface area contributed by atoms with E-state index in [1.165, 1.54) is 4.90 Å². The number of benzene rings is 1. The van der Waals surface area contributed by atoms with Gasteiger partial charge in [-0.05, 0) is 38.0 Å². The summed E-state index contributed by atoms with van der Waals surface area (Å²) in [6.07, 6.45) is 3.53. The molecule has 1 aliphatic rings. The van der Waals surface area contributed by atoms with Crippen molar-refractivity contribution in [2.24, 2.45) is 0 Å². The largest absolute Gasteiger partial charge is 0.330 e. The highest BCUT2D eigenvalue weighted by Crippen LogP contribution is 2.19. The number of carbonyl (C=O) groups is 1. The molecule has 1 atom stereocenters. The number of hydrogen-bond donors (Lipinski definition) is 2. The molecule has 1 saturated heterocycles.